The molecule has 120 valence electrons. The molecule has 2 heterocycles. The van der Waals surface area contributed by atoms with Crippen LogP contribution in [0.2, 0.25) is 0 Å². The van der Waals surface area contributed by atoms with Gasteiger partial charge in [0.15, 0.2) is 5.82 Å². The summed E-state index contributed by atoms with van der Waals surface area (Å²) in [6, 6.07) is 9.84. The van der Waals surface area contributed by atoms with Crippen LogP contribution in [0.3, 0.4) is 0 Å². The van der Waals surface area contributed by atoms with Crippen LogP contribution >= 0.6 is 0 Å². The normalized spacial score (nSPS) is 15.3. The van der Waals surface area contributed by atoms with E-state index in [0.717, 1.165) is 37.2 Å². The monoisotopic (exact) mass is 311 g/mol. The van der Waals surface area contributed by atoms with Crippen LogP contribution in [-0.2, 0) is 4.74 Å². The Morgan fingerprint density at radius 3 is 2.70 bits per heavy atom. The van der Waals surface area contributed by atoms with E-state index in [9.17, 15) is 4.79 Å². The van der Waals surface area contributed by atoms with E-state index in [-0.39, 0.29) is 11.9 Å². The van der Waals surface area contributed by atoms with Gasteiger partial charge in [-0.15, -0.1) is 0 Å². The van der Waals surface area contributed by atoms with Gasteiger partial charge < -0.3 is 10.1 Å². The largest absolute Gasteiger partial charge is 0.462 e. The Morgan fingerprint density at radius 1 is 1.26 bits per heavy atom. The molecule has 1 saturated heterocycles. The number of hydrogen-bond acceptors (Lipinski definition) is 5. The van der Waals surface area contributed by atoms with Gasteiger partial charge in [0, 0.05) is 17.7 Å². The summed E-state index contributed by atoms with van der Waals surface area (Å²) >= 11 is 0. The minimum absolute atomic E-state index is 0.265. The number of aromatic nitrogens is 2. The first-order valence-corrected chi connectivity index (χ1v) is 8.09. The van der Waals surface area contributed by atoms with Crippen molar-refractivity contribution in [3.8, 4) is 11.4 Å². The van der Waals surface area contributed by atoms with Gasteiger partial charge in [-0.05, 0) is 32.9 Å². The van der Waals surface area contributed by atoms with Gasteiger partial charge >= 0.3 is 5.97 Å². The number of esters is 1. The Morgan fingerprint density at radius 2 is 2.00 bits per heavy atom. The van der Waals surface area contributed by atoms with Crippen LogP contribution in [0.15, 0.2) is 36.5 Å². The lowest BCUT2D eigenvalue weighted by molar-refractivity contribution is 0.0523. The zero-order valence-corrected chi connectivity index (χ0v) is 13.3. The van der Waals surface area contributed by atoms with Gasteiger partial charge in [-0.2, -0.15) is 0 Å². The highest BCUT2D eigenvalue weighted by molar-refractivity contribution is 5.90. The van der Waals surface area contributed by atoms with Gasteiger partial charge in [0.05, 0.1) is 17.9 Å². The van der Waals surface area contributed by atoms with Gasteiger partial charge in [0.2, 0.25) is 0 Å². The third-order valence-corrected chi connectivity index (χ3v) is 4.07. The van der Waals surface area contributed by atoms with Crippen LogP contribution < -0.4 is 5.32 Å². The molecule has 0 aliphatic carbocycles. The molecule has 1 aliphatic rings. The molecule has 1 N–H and O–H groups in total. The minimum atomic E-state index is -0.333. The van der Waals surface area contributed by atoms with Crippen molar-refractivity contribution in [2.75, 3.05) is 19.7 Å². The SMILES string of the molecule is CCOC(=O)c1cnc(-c2ccccc2)nc1C1CCNCC1. The predicted molar refractivity (Wildman–Crippen MR) is 88.3 cm³/mol. The maximum Gasteiger partial charge on any atom is 0.341 e. The molecule has 5 nitrogen and oxygen atoms in total. The van der Waals surface area contributed by atoms with Crippen molar-refractivity contribution in [2.45, 2.75) is 25.7 Å². The van der Waals surface area contributed by atoms with E-state index < -0.39 is 0 Å². The number of benzene rings is 1. The van der Waals surface area contributed by atoms with Crippen molar-refractivity contribution in [2.24, 2.45) is 0 Å². The Labute approximate surface area is 136 Å². The molecule has 0 atom stereocenters. The summed E-state index contributed by atoms with van der Waals surface area (Å²) in [5.74, 6) is 0.592. The number of carbonyl (C=O) groups excluding carboxylic acids is 1. The van der Waals surface area contributed by atoms with Gasteiger partial charge in [-0.25, -0.2) is 14.8 Å². The molecule has 3 rings (SSSR count). The first-order chi connectivity index (χ1) is 11.3. The highest BCUT2D eigenvalue weighted by Crippen LogP contribution is 2.28. The summed E-state index contributed by atoms with van der Waals surface area (Å²) in [7, 11) is 0. The molecule has 0 saturated carbocycles. The van der Waals surface area contributed by atoms with Crippen LogP contribution in [0.5, 0.6) is 0 Å². The standard InChI is InChI=1S/C18H21N3O2/c1-2-23-18(22)15-12-20-17(14-6-4-3-5-7-14)21-16(15)13-8-10-19-11-9-13/h3-7,12-13,19H,2,8-11H2,1H3. The topological polar surface area (TPSA) is 64.1 Å². The van der Waals surface area contributed by atoms with Crippen molar-refractivity contribution >= 4 is 5.97 Å². The van der Waals surface area contributed by atoms with Crippen molar-refractivity contribution < 1.29 is 9.53 Å². The quantitative estimate of drug-likeness (QED) is 0.880. The lowest BCUT2D eigenvalue weighted by Crippen LogP contribution is -2.28. The van der Waals surface area contributed by atoms with Crippen molar-refractivity contribution in [1.29, 1.82) is 0 Å². The number of piperidine rings is 1. The van der Waals surface area contributed by atoms with Gasteiger partial charge in [-0.1, -0.05) is 30.3 Å². The second-order valence-electron chi connectivity index (χ2n) is 5.60. The molecule has 0 spiro atoms. The van der Waals surface area contributed by atoms with E-state index in [1.54, 1.807) is 13.1 Å². The fourth-order valence-corrected chi connectivity index (χ4v) is 2.89. The van der Waals surface area contributed by atoms with E-state index >= 15 is 0 Å². The Kier molecular flexibility index (Phi) is 4.98. The smallest absolute Gasteiger partial charge is 0.341 e. The third kappa shape index (κ3) is 3.56. The zero-order valence-electron chi connectivity index (χ0n) is 13.3. The third-order valence-electron chi connectivity index (χ3n) is 4.07. The number of hydrogen-bond donors (Lipinski definition) is 1. The lowest BCUT2D eigenvalue weighted by atomic mass is 9.91. The summed E-state index contributed by atoms with van der Waals surface area (Å²) in [6.45, 7) is 4.04. The molecule has 1 aromatic heterocycles. The summed E-state index contributed by atoms with van der Waals surface area (Å²) < 4.78 is 5.17. The van der Waals surface area contributed by atoms with Crippen molar-refractivity contribution in [3.05, 3.63) is 47.8 Å². The second kappa shape index (κ2) is 7.33. The molecule has 0 amide bonds. The average Bonchev–Trinajstić information content (AvgIpc) is 2.63. The molecule has 0 radical (unpaired) electrons. The molecule has 2 aromatic rings. The van der Waals surface area contributed by atoms with E-state index in [4.69, 9.17) is 9.72 Å². The Bertz CT molecular complexity index is 667. The first kappa shape index (κ1) is 15.6. The highest BCUT2D eigenvalue weighted by Gasteiger charge is 2.24. The number of ether oxygens (including phenoxy) is 1. The molecule has 5 heteroatoms. The van der Waals surface area contributed by atoms with Gasteiger partial charge in [0.1, 0.15) is 0 Å². The molecule has 0 bridgehead atoms. The fourth-order valence-electron chi connectivity index (χ4n) is 2.89. The number of carbonyl (C=O) groups is 1. The first-order valence-electron chi connectivity index (χ1n) is 8.09. The molecular weight excluding hydrogens is 290 g/mol. The second-order valence-corrected chi connectivity index (χ2v) is 5.60. The van der Waals surface area contributed by atoms with E-state index in [0.29, 0.717) is 18.0 Å². The summed E-state index contributed by atoms with van der Waals surface area (Å²) in [4.78, 5) is 21.3. The van der Waals surface area contributed by atoms with Crippen LogP contribution in [0, 0.1) is 0 Å². The number of rotatable bonds is 4. The molecular formula is C18H21N3O2. The Hall–Kier alpha value is -2.27. The summed E-state index contributed by atoms with van der Waals surface area (Å²) in [6.07, 6.45) is 3.56. The molecule has 1 fully saturated rings. The van der Waals surface area contributed by atoms with Crippen LogP contribution in [-0.4, -0.2) is 35.6 Å². The maximum absolute atomic E-state index is 12.2. The van der Waals surface area contributed by atoms with E-state index in [1.165, 1.54) is 0 Å². The number of nitrogens with zero attached hydrogens (tertiary/aromatic N) is 2. The molecule has 0 unspecified atom stereocenters. The number of nitrogens with one attached hydrogen (secondary N) is 1. The fraction of sp³-hybridized carbons (Fsp3) is 0.389. The van der Waals surface area contributed by atoms with E-state index in [2.05, 4.69) is 10.3 Å². The van der Waals surface area contributed by atoms with Crippen LogP contribution in [0.25, 0.3) is 11.4 Å². The van der Waals surface area contributed by atoms with E-state index in [1.807, 2.05) is 30.3 Å². The predicted octanol–water partition coefficient (Wildman–Crippen LogP) is 2.79. The average molecular weight is 311 g/mol. The molecule has 1 aromatic carbocycles. The highest BCUT2D eigenvalue weighted by atomic mass is 16.5. The Balaban J connectivity index is 2.01. The molecule has 23 heavy (non-hydrogen) atoms. The lowest BCUT2D eigenvalue weighted by Gasteiger charge is -2.24. The zero-order chi connectivity index (χ0) is 16.1. The minimum Gasteiger partial charge on any atom is -0.462 e. The van der Waals surface area contributed by atoms with Crippen molar-refractivity contribution in [3.63, 3.8) is 0 Å². The summed E-state index contributed by atoms with van der Waals surface area (Å²) in [5.41, 5.74) is 2.27. The van der Waals surface area contributed by atoms with Gasteiger partial charge in [-0.3, -0.25) is 0 Å². The van der Waals surface area contributed by atoms with Crippen LogP contribution in [0.1, 0.15) is 41.7 Å². The van der Waals surface area contributed by atoms with Gasteiger partial charge in [0.25, 0.3) is 0 Å². The van der Waals surface area contributed by atoms with Crippen LogP contribution in [0.4, 0.5) is 0 Å². The molecule has 1 aliphatic heterocycles. The maximum atomic E-state index is 12.2. The van der Waals surface area contributed by atoms with Crippen molar-refractivity contribution in [1.82, 2.24) is 15.3 Å². The summed E-state index contributed by atoms with van der Waals surface area (Å²) in [5, 5.41) is 3.35.